The van der Waals surface area contributed by atoms with Crippen molar-refractivity contribution in [2.75, 3.05) is 19.6 Å². The van der Waals surface area contributed by atoms with Crippen molar-refractivity contribution in [2.45, 2.75) is 51.1 Å². The monoisotopic (exact) mass is 381 g/mol. The predicted octanol–water partition coefficient (Wildman–Crippen LogP) is 2.95. The van der Waals surface area contributed by atoms with Crippen LogP contribution in [0.5, 0.6) is 5.75 Å². The van der Waals surface area contributed by atoms with Crippen molar-refractivity contribution in [1.82, 2.24) is 15.0 Å². The Morgan fingerprint density at radius 2 is 2.07 bits per heavy atom. The molecule has 2 bridgehead atoms. The molecule has 5 heterocycles. The number of hydrogen-bond acceptors (Lipinski definition) is 5. The zero-order valence-electron chi connectivity index (χ0n) is 16.5. The molecule has 4 saturated heterocycles. The average Bonchev–Trinajstić information content (AvgIpc) is 3.31. The van der Waals surface area contributed by atoms with Crippen LogP contribution in [0.2, 0.25) is 0 Å². The Hall–Kier alpha value is -2.34. The fourth-order valence-electron chi connectivity index (χ4n) is 5.78. The SMILES string of the molecule is CCc1noc(C)c1C(=O)N1C[C@@H](c2cccc(O)c2)[C@@H]2[C@H]1C1CCN2CC1. The Morgan fingerprint density at radius 1 is 1.29 bits per heavy atom. The molecule has 0 radical (unpaired) electrons. The standard InChI is InChI=1S/C22H27N3O3/c1-3-18-19(13(2)28-23-18)22(27)25-12-17(15-5-4-6-16(26)11-15)21-20(25)14-7-9-24(21)10-8-14/h4-6,11,14,17,20-21,26H,3,7-10,12H2,1-2H3/t17-,20+,21+/m0/s1. The normalized spacial score (nSPS) is 31.2. The van der Waals surface area contributed by atoms with Gasteiger partial charge in [0.25, 0.3) is 5.91 Å². The molecule has 0 aliphatic carbocycles. The molecule has 4 fully saturated rings. The molecule has 6 rings (SSSR count). The van der Waals surface area contributed by atoms with Crippen LogP contribution < -0.4 is 0 Å². The molecule has 1 amide bonds. The largest absolute Gasteiger partial charge is 0.508 e. The van der Waals surface area contributed by atoms with Gasteiger partial charge in [-0.2, -0.15) is 0 Å². The van der Waals surface area contributed by atoms with Gasteiger partial charge >= 0.3 is 0 Å². The molecule has 6 nitrogen and oxygen atoms in total. The smallest absolute Gasteiger partial charge is 0.259 e. The number of fused-ring (bicyclic) bond motifs is 2. The highest BCUT2D eigenvalue weighted by atomic mass is 16.5. The maximum atomic E-state index is 13.6. The number of aryl methyl sites for hydroxylation is 2. The van der Waals surface area contributed by atoms with E-state index in [0.717, 1.165) is 37.2 Å². The summed E-state index contributed by atoms with van der Waals surface area (Å²) in [6.07, 6.45) is 2.99. The highest BCUT2D eigenvalue weighted by Crippen LogP contribution is 2.47. The number of phenols is 1. The van der Waals surface area contributed by atoms with Gasteiger partial charge in [-0.05, 0) is 62.9 Å². The van der Waals surface area contributed by atoms with E-state index in [2.05, 4.69) is 21.0 Å². The van der Waals surface area contributed by atoms with Crippen LogP contribution in [-0.4, -0.2) is 57.7 Å². The Kier molecular flexibility index (Phi) is 4.19. The topological polar surface area (TPSA) is 69.8 Å². The Labute approximate surface area is 165 Å². The maximum absolute atomic E-state index is 13.6. The summed E-state index contributed by atoms with van der Waals surface area (Å²) in [7, 11) is 0. The lowest BCUT2D eigenvalue weighted by atomic mass is 9.75. The van der Waals surface area contributed by atoms with Gasteiger partial charge in [-0.1, -0.05) is 24.2 Å². The molecule has 6 heteroatoms. The lowest BCUT2D eigenvalue weighted by Gasteiger charge is -2.51. The van der Waals surface area contributed by atoms with Gasteiger partial charge in [0, 0.05) is 18.5 Å². The molecule has 0 unspecified atom stereocenters. The van der Waals surface area contributed by atoms with Crippen molar-refractivity contribution in [3.05, 3.63) is 46.8 Å². The van der Waals surface area contributed by atoms with Gasteiger partial charge in [-0.15, -0.1) is 0 Å². The summed E-state index contributed by atoms with van der Waals surface area (Å²) < 4.78 is 5.35. The van der Waals surface area contributed by atoms with Crippen molar-refractivity contribution in [1.29, 1.82) is 0 Å². The lowest BCUT2D eigenvalue weighted by molar-refractivity contribution is -0.00349. The number of carbonyl (C=O) groups is 1. The van der Waals surface area contributed by atoms with E-state index >= 15 is 0 Å². The highest BCUT2D eigenvalue weighted by Gasteiger charge is 2.55. The van der Waals surface area contributed by atoms with Crippen LogP contribution in [0.3, 0.4) is 0 Å². The van der Waals surface area contributed by atoms with Crippen LogP contribution in [0, 0.1) is 12.8 Å². The second-order valence-electron chi connectivity index (χ2n) is 8.43. The molecule has 0 saturated carbocycles. The fourth-order valence-corrected chi connectivity index (χ4v) is 5.78. The van der Waals surface area contributed by atoms with Crippen LogP contribution >= 0.6 is 0 Å². The van der Waals surface area contributed by atoms with Crippen LogP contribution in [0.4, 0.5) is 0 Å². The molecule has 1 aromatic carbocycles. The summed E-state index contributed by atoms with van der Waals surface area (Å²) in [6.45, 7) is 6.73. The first kappa shape index (κ1) is 17.7. The lowest BCUT2D eigenvalue weighted by Crippen LogP contribution is -2.60. The van der Waals surface area contributed by atoms with Crippen molar-refractivity contribution in [3.8, 4) is 5.75 Å². The molecule has 4 aliphatic rings. The first-order valence-electron chi connectivity index (χ1n) is 10.4. The van der Waals surface area contributed by atoms with Gasteiger partial charge in [0.15, 0.2) is 0 Å². The molecule has 0 spiro atoms. The van der Waals surface area contributed by atoms with Crippen molar-refractivity contribution >= 4 is 5.91 Å². The van der Waals surface area contributed by atoms with E-state index in [0.29, 0.717) is 36.2 Å². The van der Waals surface area contributed by atoms with E-state index in [-0.39, 0.29) is 23.6 Å². The fraction of sp³-hybridized carbons (Fsp3) is 0.545. The number of phenolic OH excluding ortho intramolecular Hbond substituents is 1. The summed E-state index contributed by atoms with van der Waals surface area (Å²) in [6, 6.07) is 8.10. The molecular weight excluding hydrogens is 354 g/mol. The number of rotatable bonds is 3. The minimum Gasteiger partial charge on any atom is -0.508 e. The number of carbonyl (C=O) groups excluding carboxylic acids is 1. The minimum absolute atomic E-state index is 0.0574. The van der Waals surface area contributed by atoms with Crippen LogP contribution in [0.15, 0.2) is 28.8 Å². The number of hydrogen-bond donors (Lipinski definition) is 1. The third-order valence-electron chi connectivity index (χ3n) is 7.04. The van der Waals surface area contributed by atoms with E-state index < -0.39 is 0 Å². The number of aromatic hydroxyl groups is 1. The van der Waals surface area contributed by atoms with Crippen molar-refractivity contribution < 1.29 is 14.4 Å². The van der Waals surface area contributed by atoms with Crippen LogP contribution in [0.25, 0.3) is 0 Å². The first-order valence-corrected chi connectivity index (χ1v) is 10.4. The van der Waals surface area contributed by atoms with Crippen LogP contribution in [-0.2, 0) is 6.42 Å². The van der Waals surface area contributed by atoms with Crippen molar-refractivity contribution in [2.24, 2.45) is 5.92 Å². The van der Waals surface area contributed by atoms with Gasteiger partial charge < -0.3 is 14.5 Å². The first-order chi connectivity index (χ1) is 13.6. The molecule has 4 aliphatic heterocycles. The molecule has 3 atom stereocenters. The summed E-state index contributed by atoms with van der Waals surface area (Å²) in [4.78, 5) is 18.3. The van der Waals surface area contributed by atoms with E-state index in [1.54, 1.807) is 6.07 Å². The van der Waals surface area contributed by atoms with E-state index in [4.69, 9.17) is 4.52 Å². The molecule has 1 aromatic heterocycles. The Balaban J connectivity index is 1.55. The number of benzene rings is 1. The zero-order valence-corrected chi connectivity index (χ0v) is 16.5. The van der Waals surface area contributed by atoms with Gasteiger partial charge in [0.05, 0.1) is 11.7 Å². The number of nitrogens with zero attached hydrogens (tertiary/aromatic N) is 3. The van der Waals surface area contributed by atoms with Gasteiger partial charge in [-0.25, -0.2) is 0 Å². The number of piperidine rings is 3. The second-order valence-corrected chi connectivity index (χ2v) is 8.43. The van der Waals surface area contributed by atoms with Crippen LogP contribution in [0.1, 0.15) is 53.1 Å². The summed E-state index contributed by atoms with van der Waals surface area (Å²) in [5.41, 5.74) is 2.52. The Bertz CT molecular complexity index is 900. The summed E-state index contributed by atoms with van der Waals surface area (Å²) >= 11 is 0. The third-order valence-corrected chi connectivity index (χ3v) is 7.04. The quantitative estimate of drug-likeness (QED) is 0.885. The predicted molar refractivity (Wildman–Crippen MR) is 104 cm³/mol. The van der Waals surface area contributed by atoms with Gasteiger partial charge in [0.2, 0.25) is 0 Å². The van der Waals surface area contributed by atoms with Gasteiger partial charge in [0.1, 0.15) is 17.1 Å². The summed E-state index contributed by atoms with van der Waals surface area (Å²) in [5.74, 6) is 1.72. The average molecular weight is 381 g/mol. The maximum Gasteiger partial charge on any atom is 0.259 e. The van der Waals surface area contributed by atoms with E-state index in [1.807, 2.05) is 26.0 Å². The van der Waals surface area contributed by atoms with E-state index in [1.165, 1.54) is 0 Å². The number of aromatic nitrogens is 1. The molecular formula is C22H27N3O3. The van der Waals surface area contributed by atoms with E-state index in [9.17, 15) is 9.90 Å². The zero-order chi connectivity index (χ0) is 19.4. The summed E-state index contributed by atoms with van der Waals surface area (Å²) in [5, 5.41) is 14.1. The molecule has 148 valence electrons. The van der Waals surface area contributed by atoms with Crippen molar-refractivity contribution in [3.63, 3.8) is 0 Å². The molecule has 28 heavy (non-hydrogen) atoms. The molecule has 1 N–H and O–H groups in total. The minimum atomic E-state index is 0.0574. The second kappa shape index (κ2) is 6.62. The third kappa shape index (κ3) is 2.58. The molecule has 2 aromatic rings. The highest BCUT2D eigenvalue weighted by molar-refractivity contribution is 5.96. The Morgan fingerprint density at radius 3 is 2.79 bits per heavy atom. The number of amides is 1. The van der Waals surface area contributed by atoms with Gasteiger partial charge in [-0.3, -0.25) is 9.69 Å². The number of likely N-dealkylation sites (tertiary alicyclic amines) is 1.